The van der Waals surface area contributed by atoms with Crippen LogP contribution in [0.15, 0.2) is 21.6 Å². The molecule has 0 saturated heterocycles. The molecule has 1 atom stereocenters. The van der Waals surface area contributed by atoms with E-state index in [0.29, 0.717) is 0 Å². The topological polar surface area (TPSA) is 91.4 Å². The molecule has 0 radical (unpaired) electrons. The van der Waals surface area contributed by atoms with Gasteiger partial charge < -0.3 is 9.52 Å². The highest BCUT2D eigenvalue weighted by atomic mass is 32.2. The van der Waals surface area contributed by atoms with Crippen LogP contribution in [0.3, 0.4) is 0 Å². The molecule has 6 heteroatoms. The van der Waals surface area contributed by atoms with Crippen LogP contribution in [0, 0.1) is 4.78 Å². The molecule has 0 aliphatic carbocycles. The number of nitrogens with one attached hydrogen (secondary N) is 1. The van der Waals surface area contributed by atoms with Gasteiger partial charge in [-0.05, 0) is 12.1 Å². The molecule has 2 N–H and O–H groups in total. The van der Waals surface area contributed by atoms with Crippen LogP contribution in [0.5, 0.6) is 0 Å². The van der Waals surface area contributed by atoms with Crippen molar-refractivity contribution in [2.45, 2.75) is 12.0 Å². The predicted molar refractivity (Wildman–Crippen MR) is 45.3 cm³/mol. The molecule has 5 nitrogen and oxygen atoms in total. The van der Waals surface area contributed by atoms with Crippen molar-refractivity contribution in [3.8, 4) is 0 Å². The van der Waals surface area contributed by atoms with Crippen molar-refractivity contribution in [1.29, 1.82) is 4.78 Å². The lowest BCUT2D eigenvalue weighted by Crippen LogP contribution is -2.00. The van der Waals surface area contributed by atoms with Gasteiger partial charge >= 0.3 is 5.97 Å². The highest BCUT2D eigenvalue weighted by molar-refractivity contribution is 7.92. The number of aromatic carboxylic acids is 1. The Hall–Kier alpha value is -1.30. The maximum atomic E-state index is 11.4. The fourth-order valence-electron chi connectivity index (χ4n) is 0.755. The van der Waals surface area contributed by atoms with Crippen LogP contribution in [-0.2, 0) is 9.73 Å². The summed E-state index contributed by atoms with van der Waals surface area (Å²) < 4.78 is 23.4. The third kappa shape index (κ3) is 1.89. The highest BCUT2D eigenvalue weighted by Gasteiger charge is 2.15. The van der Waals surface area contributed by atoms with Crippen molar-refractivity contribution >= 4 is 15.7 Å². The van der Waals surface area contributed by atoms with Crippen molar-refractivity contribution in [2.75, 3.05) is 5.75 Å². The van der Waals surface area contributed by atoms with E-state index in [-0.39, 0.29) is 16.6 Å². The molecule has 0 fully saturated rings. The summed E-state index contributed by atoms with van der Waals surface area (Å²) in [6.07, 6.45) is 0. The average Bonchev–Trinajstić information content (AvgIpc) is 2.52. The zero-order valence-electron chi connectivity index (χ0n) is 6.94. The van der Waals surface area contributed by atoms with E-state index in [4.69, 9.17) is 14.3 Å². The highest BCUT2D eigenvalue weighted by Crippen LogP contribution is 2.15. The predicted octanol–water partition coefficient (Wildman–Crippen LogP) is 1.40. The van der Waals surface area contributed by atoms with E-state index in [0.717, 1.165) is 0 Å². The van der Waals surface area contributed by atoms with Crippen molar-refractivity contribution in [2.24, 2.45) is 0 Å². The second-order valence-electron chi connectivity index (χ2n) is 2.39. The molecule has 0 spiro atoms. The Morgan fingerprint density at radius 2 is 2.31 bits per heavy atom. The van der Waals surface area contributed by atoms with Gasteiger partial charge in [-0.2, -0.15) is 0 Å². The number of hydrogen-bond donors (Lipinski definition) is 2. The van der Waals surface area contributed by atoms with Crippen LogP contribution in [0.4, 0.5) is 0 Å². The first kappa shape index (κ1) is 9.79. The number of carboxylic acids is 1. The summed E-state index contributed by atoms with van der Waals surface area (Å²) in [5.74, 6) is -1.40. The van der Waals surface area contributed by atoms with Gasteiger partial charge in [-0.3, -0.25) is 0 Å². The Balaban J connectivity index is 3.13. The Kier molecular flexibility index (Phi) is 2.42. The first-order valence-electron chi connectivity index (χ1n) is 3.57. The van der Waals surface area contributed by atoms with Gasteiger partial charge in [0.1, 0.15) is 9.73 Å². The van der Waals surface area contributed by atoms with Gasteiger partial charge in [0, 0.05) is 5.75 Å². The van der Waals surface area contributed by atoms with Crippen LogP contribution in [0.2, 0.25) is 0 Å². The van der Waals surface area contributed by atoms with Crippen LogP contribution >= 0.6 is 0 Å². The Labute approximate surface area is 75.3 Å². The second-order valence-corrected chi connectivity index (χ2v) is 4.72. The maximum Gasteiger partial charge on any atom is 0.371 e. The Morgan fingerprint density at radius 1 is 1.69 bits per heavy atom. The normalized spacial score (nSPS) is 15.2. The monoisotopic (exact) mass is 203 g/mol. The van der Waals surface area contributed by atoms with Crippen molar-refractivity contribution < 1.29 is 18.5 Å². The van der Waals surface area contributed by atoms with E-state index < -0.39 is 15.7 Å². The molecule has 0 saturated carbocycles. The lowest BCUT2D eigenvalue weighted by atomic mass is 10.5. The SMILES string of the molecule is CCS(=N)(=O)c1ccc(C(=O)O)o1. The van der Waals surface area contributed by atoms with Crippen LogP contribution < -0.4 is 0 Å². The summed E-state index contributed by atoms with van der Waals surface area (Å²) in [6, 6.07) is 2.46. The smallest absolute Gasteiger partial charge is 0.371 e. The zero-order valence-corrected chi connectivity index (χ0v) is 7.76. The minimum absolute atomic E-state index is 0.0765. The fourth-order valence-corrected chi connectivity index (χ4v) is 1.55. The van der Waals surface area contributed by atoms with Crippen molar-refractivity contribution in [3.63, 3.8) is 0 Å². The minimum atomic E-state index is -2.94. The summed E-state index contributed by atoms with van der Waals surface area (Å²) >= 11 is 0. The number of rotatable bonds is 3. The molecule has 72 valence electrons. The van der Waals surface area contributed by atoms with Crippen molar-refractivity contribution in [3.05, 3.63) is 17.9 Å². The third-order valence-electron chi connectivity index (χ3n) is 1.52. The van der Waals surface area contributed by atoms with Gasteiger partial charge in [-0.15, -0.1) is 0 Å². The molecular weight excluding hydrogens is 194 g/mol. The van der Waals surface area contributed by atoms with Crippen LogP contribution in [0.25, 0.3) is 0 Å². The number of carboxylic acid groups (broad SMARTS) is 1. The number of carbonyl (C=O) groups is 1. The van der Waals surface area contributed by atoms with E-state index in [1.807, 2.05) is 0 Å². The van der Waals surface area contributed by atoms with E-state index >= 15 is 0 Å². The molecular formula is C7H9NO4S. The molecule has 1 rings (SSSR count). The second kappa shape index (κ2) is 3.21. The van der Waals surface area contributed by atoms with Crippen LogP contribution in [-0.4, -0.2) is 21.0 Å². The van der Waals surface area contributed by atoms with E-state index in [1.54, 1.807) is 6.92 Å². The maximum absolute atomic E-state index is 11.4. The van der Waals surface area contributed by atoms with Gasteiger partial charge in [-0.25, -0.2) is 13.8 Å². The first-order chi connectivity index (χ1) is 5.97. The third-order valence-corrected chi connectivity index (χ3v) is 3.21. The summed E-state index contributed by atoms with van der Waals surface area (Å²) in [7, 11) is -2.94. The summed E-state index contributed by atoms with van der Waals surface area (Å²) in [5.41, 5.74) is 0. The summed E-state index contributed by atoms with van der Waals surface area (Å²) in [4.78, 5) is 10.4. The summed E-state index contributed by atoms with van der Waals surface area (Å²) in [5, 5.41) is 8.41. The minimum Gasteiger partial charge on any atom is -0.475 e. The molecule has 0 aliphatic rings. The molecule has 13 heavy (non-hydrogen) atoms. The van der Waals surface area contributed by atoms with Gasteiger partial charge in [-0.1, -0.05) is 6.92 Å². The van der Waals surface area contributed by atoms with E-state index in [1.165, 1.54) is 12.1 Å². The quantitative estimate of drug-likeness (QED) is 0.776. The molecule has 1 aromatic rings. The first-order valence-corrected chi connectivity index (χ1v) is 5.29. The van der Waals surface area contributed by atoms with E-state index in [9.17, 15) is 9.00 Å². The number of hydrogen-bond acceptors (Lipinski definition) is 4. The van der Waals surface area contributed by atoms with Gasteiger partial charge in [0.05, 0.1) is 0 Å². The standard InChI is InChI=1S/C7H9NO4S/c1-2-13(8,11)6-4-3-5(12-6)7(9)10/h3-4,8H,2H2,1H3,(H,9,10). The lowest BCUT2D eigenvalue weighted by Gasteiger charge is -1.97. The van der Waals surface area contributed by atoms with Gasteiger partial charge in [0.2, 0.25) is 5.76 Å². The molecule has 1 heterocycles. The largest absolute Gasteiger partial charge is 0.475 e. The lowest BCUT2D eigenvalue weighted by molar-refractivity contribution is 0.0656. The van der Waals surface area contributed by atoms with Gasteiger partial charge in [0.15, 0.2) is 5.09 Å². The molecule has 0 bridgehead atoms. The van der Waals surface area contributed by atoms with Crippen molar-refractivity contribution in [1.82, 2.24) is 0 Å². The summed E-state index contributed by atoms with van der Waals surface area (Å²) in [6.45, 7) is 1.58. The molecule has 1 aromatic heterocycles. The Morgan fingerprint density at radius 3 is 2.69 bits per heavy atom. The molecule has 0 aromatic carbocycles. The van der Waals surface area contributed by atoms with Crippen LogP contribution in [0.1, 0.15) is 17.5 Å². The molecule has 0 aliphatic heterocycles. The molecule has 0 amide bonds. The zero-order chi connectivity index (χ0) is 10.1. The fraction of sp³-hybridized carbons (Fsp3) is 0.286. The number of furan rings is 1. The Bertz CT molecular complexity index is 417. The average molecular weight is 203 g/mol. The molecule has 1 unspecified atom stereocenters. The van der Waals surface area contributed by atoms with E-state index in [2.05, 4.69) is 0 Å². The van der Waals surface area contributed by atoms with Gasteiger partial charge in [0.25, 0.3) is 0 Å².